The first-order chi connectivity index (χ1) is 16.4. The number of hydrogen-bond acceptors (Lipinski definition) is 6. The second-order valence-electron chi connectivity index (χ2n) is 9.64. The zero-order chi connectivity index (χ0) is 26.2. The molecule has 1 aliphatic heterocycles. The summed E-state index contributed by atoms with van der Waals surface area (Å²) in [5.74, 6) is -0.225. The van der Waals surface area contributed by atoms with Gasteiger partial charge in [0.1, 0.15) is 17.7 Å². The lowest BCUT2D eigenvalue weighted by Gasteiger charge is -2.29. The monoisotopic (exact) mass is 525 g/mol. The third-order valence-electron chi connectivity index (χ3n) is 5.41. The predicted molar refractivity (Wildman–Crippen MR) is 138 cm³/mol. The van der Waals surface area contributed by atoms with Crippen molar-refractivity contribution in [3.05, 3.63) is 34.9 Å². The first-order valence-electron chi connectivity index (χ1n) is 11.9. The molecule has 194 valence electrons. The van der Waals surface area contributed by atoms with E-state index in [2.05, 4.69) is 10.6 Å². The molecular weight excluding hydrogens is 490 g/mol. The smallest absolute Gasteiger partial charge is 0.408 e. The van der Waals surface area contributed by atoms with E-state index in [-0.39, 0.29) is 16.9 Å². The molecule has 1 aromatic rings. The second-order valence-corrected chi connectivity index (χ2v) is 11.1. The maximum atomic E-state index is 13.1. The molecule has 3 atom stereocenters. The predicted octanol–water partition coefficient (Wildman–Crippen LogP) is 4.29. The molecule has 10 heteroatoms. The van der Waals surface area contributed by atoms with Crippen LogP contribution in [0.3, 0.4) is 0 Å². The van der Waals surface area contributed by atoms with Crippen molar-refractivity contribution in [2.24, 2.45) is 0 Å². The highest BCUT2D eigenvalue weighted by Crippen LogP contribution is 2.22. The summed E-state index contributed by atoms with van der Waals surface area (Å²) in [4.78, 5) is 52.5. The minimum atomic E-state index is -0.846. The standard InChI is InChI=1S/C25H36ClN3O5S/c1-6-8-19(23(32)35-15-17-10-12-18(26)13-11-17)28-21(30)20-9-7-14-29(20)22(31)16(2)27-24(33)34-25(3,4)5/h10-13,16,19-20H,6-9,14-15H2,1-5H3,(H,27,33)(H,28,30)/t16-,19-,20+/m0/s1. The van der Waals surface area contributed by atoms with Crippen LogP contribution < -0.4 is 10.6 Å². The molecule has 0 aromatic heterocycles. The SMILES string of the molecule is CCC[C@H](NC(=O)[C@H]1CCCN1C(=O)[C@H](C)NC(=O)OC(C)(C)C)C(=O)SCc1ccc(Cl)cc1. The number of hydrogen-bond donors (Lipinski definition) is 2. The van der Waals surface area contributed by atoms with E-state index in [9.17, 15) is 19.2 Å². The number of nitrogens with one attached hydrogen (secondary N) is 2. The molecule has 8 nitrogen and oxygen atoms in total. The summed E-state index contributed by atoms with van der Waals surface area (Å²) in [6.45, 7) is 9.14. The second kappa shape index (κ2) is 13.2. The molecular formula is C25H36ClN3O5S. The molecule has 0 radical (unpaired) electrons. The molecule has 1 saturated heterocycles. The van der Waals surface area contributed by atoms with E-state index in [4.69, 9.17) is 16.3 Å². The molecule has 0 spiro atoms. The van der Waals surface area contributed by atoms with Gasteiger partial charge in [0.25, 0.3) is 0 Å². The number of nitrogens with zero attached hydrogens (tertiary/aromatic N) is 1. The Morgan fingerprint density at radius 2 is 1.83 bits per heavy atom. The summed E-state index contributed by atoms with van der Waals surface area (Å²) >= 11 is 7.07. The van der Waals surface area contributed by atoms with Gasteiger partial charge in [-0.1, -0.05) is 48.8 Å². The average molecular weight is 526 g/mol. The number of carbonyl (C=O) groups is 4. The summed E-state index contributed by atoms with van der Waals surface area (Å²) < 4.78 is 5.22. The van der Waals surface area contributed by atoms with Gasteiger partial charge in [-0.3, -0.25) is 14.4 Å². The lowest BCUT2D eigenvalue weighted by Crippen LogP contribution is -2.54. The van der Waals surface area contributed by atoms with Crippen molar-refractivity contribution in [3.8, 4) is 0 Å². The highest BCUT2D eigenvalue weighted by atomic mass is 35.5. The molecule has 0 bridgehead atoms. The number of alkyl carbamates (subject to hydrolysis) is 1. The molecule has 3 amide bonds. The first-order valence-corrected chi connectivity index (χ1v) is 13.3. The van der Waals surface area contributed by atoms with Crippen molar-refractivity contribution in [3.63, 3.8) is 0 Å². The van der Waals surface area contributed by atoms with Crippen LogP contribution in [-0.4, -0.2) is 58.2 Å². The highest BCUT2D eigenvalue weighted by Gasteiger charge is 2.38. The van der Waals surface area contributed by atoms with E-state index in [0.29, 0.717) is 36.6 Å². The van der Waals surface area contributed by atoms with Gasteiger partial charge in [0.05, 0.1) is 6.04 Å². The number of carbonyl (C=O) groups excluding carboxylic acids is 4. The average Bonchev–Trinajstić information content (AvgIpc) is 3.26. The summed E-state index contributed by atoms with van der Waals surface area (Å²) in [5.41, 5.74) is 0.281. The van der Waals surface area contributed by atoms with Gasteiger partial charge in [0.2, 0.25) is 16.9 Å². The third kappa shape index (κ3) is 9.37. The van der Waals surface area contributed by atoms with E-state index in [1.807, 2.05) is 19.1 Å². The van der Waals surface area contributed by atoms with Crippen molar-refractivity contribution in [1.29, 1.82) is 0 Å². The number of amides is 3. The first kappa shape index (κ1) is 29.0. The number of thioether (sulfide) groups is 1. The van der Waals surface area contributed by atoms with Gasteiger partial charge in [0.15, 0.2) is 0 Å². The van der Waals surface area contributed by atoms with Crippen LogP contribution in [0, 0.1) is 0 Å². The Bertz CT molecular complexity index is 903. The van der Waals surface area contributed by atoms with Gasteiger partial charge < -0.3 is 20.3 Å². The lowest BCUT2D eigenvalue weighted by atomic mass is 10.1. The van der Waals surface area contributed by atoms with E-state index in [1.54, 1.807) is 39.8 Å². The van der Waals surface area contributed by atoms with Crippen LogP contribution in [0.1, 0.15) is 65.9 Å². The Hall–Kier alpha value is -2.26. The van der Waals surface area contributed by atoms with Gasteiger partial charge in [-0.25, -0.2) is 4.79 Å². The molecule has 2 rings (SSSR count). The molecule has 2 N–H and O–H groups in total. The molecule has 0 saturated carbocycles. The Morgan fingerprint density at radius 1 is 1.17 bits per heavy atom. The molecule has 1 fully saturated rings. The van der Waals surface area contributed by atoms with Crippen molar-refractivity contribution in [2.75, 3.05) is 6.54 Å². The van der Waals surface area contributed by atoms with Gasteiger partial charge in [0, 0.05) is 17.3 Å². The van der Waals surface area contributed by atoms with Gasteiger partial charge in [-0.05, 0) is 64.7 Å². The van der Waals surface area contributed by atoms with Crippen LogP contribution in [-0.2, 0) is 24.9 Å². The highest BCUT2D eigenvalue weighted by molar-refractivity contribution is 8.13. The molecule has 1 aliphatic rings. The van der Waals surface area contributed by atoms with Crippen LogP contribution in [0.5, 0.6) is 0 Å². The van der Waals surface area contributed by atoms with E-state index in [0.717, 1.165) is 23.7 Å². The van der Waals surface area contributed by atoms with Crippen molar-refractivity contribution >= 4 is 46.4 Å². The Morgan fingerprint density at radius 3 is 2.43 bits per heavy atom. The van der Waals surface area contributed by atoms with E-state index in [1.165, 1.54) is 4.90 Å². The van der Waals surface area contributed by atoms with Gasteiger partial charge in [-0.15, -0.1) is 0 Å². The maximum absolute atomic E-state index is 13.1. The quantitative estimate of drug-likeness (QED) is 0.498. The zero-order valence-corrected chi connectivity index (χ0v) is 22.6. The number of benzene rings is 1. The fourth-order valence-electron chi connectivity index (χ4n) is 3.74. The number of halogens is 1. The summed E-state index contributed by atoms with van der Waals surface area (Å²) in [5, 5.41) is 5.91. The molecule has 0 unspecified atom stereocenters. The number of likely N-dealkylation sites (tertiary alicyclic amines) is 1. The fourth-order valence-corrected chi connectivity index (χ4v) is 4.74. The molecule has 35 heavy (non-hydrogen) atoms. The molecule has 0 aliphatic carbocycles. The number of rotatable bonds is 9. The normalized spacial score (nSPS) is 17.4. The van der Waals surface area contributed by atoms with Crippen molar-refractivity contribution < 1.29 is 23.9 Å². The summed E-state index contributed by atoms with van der Waals surface area (Å²) in [6.07, 6.45) is 1.71. The topological polar surface area (TPSA) is 105 Å². The van der Waals surface area contributed by atoms with Crippen LogP contribution in [0.25, 0.3) is 0 Å². The lowest BCUT2D eigenvalue weighted by molar-refractivity contribution is -0.140. The van der Waals surface area contributed by atoms with E-state index >= 15 is 0 Å². The maximum Gasteiger partial charge on any atom is 0.408 e. The van der Waals surface area contributed by atoms with Gasteiger partial charge >= 0.3 is 6.09 Å². The largest absolute Gasteiger partial charge is 0.444 e. The van der Waals surface area contributed by atoms with Gasteiger partial charge in [-0.2, -0.15) is 0 Å². The van der Waals surface area contributed by atoms with Crippen molar-refractivity contribution in [1.82, 2.24) is 15.5 Å². The van der Waals surface area contributed by atoms with Crippen molar-refractivity contribution in [2.45, 2.75) is 89.8 Å². The summed E-state index contributed by atoms with van der Waals surface area (Å²) in [6, 6.07) is 5.12. The van der Waals surface area contributed by atoms with E-state index < -0.39 is 29.8 Å². The van der Waals surface area contributed by atoms with Crippen LogP contribution in [0.4, 0.5) is 4.79 Å². The van der Waals surface area contributed by atoms with Crippen LogP contribution in [0.15, 0.2) is 24.3 Å². The Balaban J connectivity index is 1.96. The summed E-state index contributed by atoms with van der Waals surface area (Å²) in [7, 11) is 0. The fraction of sp³-hybridized carbons (Fsp3) is 0.600. The Labute approximate surface area is 216 Å². The minimum Gasteiger partial charge on any atom is -0.444 e. The number of ether oxygens (including phenoxy) is 1. The molecule has 1 heterocycles. The van der Waals surface area contributed by atoms with Crippen LogP contribution >= 0.6 is 23.4 Å². The molecule has 1 aromatic carbocycles. The minimum absolute atomic E-state index is 0.119. The van der Waals surface area contributed by atoms with Crippen LogP contribution in [0.2, 0.25) is 5.02 Å². The Kier molecular flexibility index (Phi) is 10.9. The zero-order valence-electron chi connectivity index (χ0n) is 21.1. The third-order valence-corrected chi connectivity index (χ3v) is 6.71.